The van der Waals surface area contributed by atoms with Crippen molar-refractivity contribution in [2.45, 2.75) is 27.3 Å². The van der Waals surface area contributed by atoms with Crippen molar-refractivity contribution in [3.63, 3.8) is 0 Å². The van der Waals surface area contributed by atoms with E-state index in [0.717, 1.165) is 28.6 Å². The van der Waals surface area contributed by atoms with Crippen LogP contribution >= 0.6 is 11.5 Å². The summed E-state index contributed by atoms with van der Waals surface area (Å²) in [5, 5.41) is 8.14. The van der Waals surface area contributed by atoms with Crippen LogP contribution in [0.3, 0.4) is 0 Å². The third kappa shape index (κ3) is 2.56. The van der Waals surface area contributed by atoms with Crippen LogP contribution in [0.2, 0.25) is 0 Å². The lowest BCUT2D eigenvalue weighted by atomic mass is 10.3. The molecular formula is C11H15N5OS. The van der Waals surface area contributed by atoms with E-state index in [4.69, 9.17) is 0 Å². The van der Waals surface area contributed by atoms with Crippen molar-refractivity contribution in [1.82, 2.24) is 19.1 Å². The third-order valence-electron chi connectivity index (χ3n) is 2.55. The molecule has 0 amide bonds. The van der Waals surface area contributed by atoms with Gasteiger partial charge in [-0.15, -0.1) is 5.10 Å². The van der Waals surface area contributed by atoms with E-state index in [0.29, 0.717) is 6.54 Å². The summed E-state index contributed by atoms with van der Waals surface area (Å²) in [4.78, 5) is 15.8. The van der Waals surface area contributed by atoms with Crippen molar-refractivity contribution in [2.75, 3.05) is 11.9 Å². The second-order valence-electron chi connectivity index (χ2n) is 3.99. The Morgan fingerprint density at radius 2 is 2.22 bits per heavy atom. The smallest absolute Gasteiger partial charge is 0.348 e. The Kier molecular flexibility index (Phi) is 3.71. The molecule has 96 valence electrons. The number of nitrogens with zero attached hydrogens (tertiary/aromatic N) is 4. The summed E-state index contributed by atoms with van der Waals surface area (Å²) in [6.07, 6.45) is 0. The molecule has 2 aromatic rings. The predicted molar refractivity (Wildman–Crippen MR) is 71.1 cm³/mol. The molecule has 2 rings (SSSR count). The lowest BCUT2D eigenvalue weighted by Crippen LogP contribution is -2.26. The molecule has 0 bridgehead atoms. The van der Waals surface area contributed by atoms with E-state index in [1.54, 1.807) is 4.57 Å². The van der Waals surface area contributed by atoms with Crippen molar-refractivity contribution < 1.29 is 0 Å². The molecule has 0 aliphatic carbocycles. The molecule has 0 atom stereocenters. The topological polar surface area (TPSA) is 72.7 Å². The molecule has 7 heteroatoms. The normalized spacial score (nSPS) is 10.6. The van der Waals surface area contributed by atoms with Crippen LogP contribution in [0.25, 0.3) is 0 Å². The number of rotatable bonds is 4. The van der Waals surface area contributed by atoms with Gasteiger partial charge >= 0.3 is 5.69 Å². The van der Waals surface area contributed by atoms with E-state index in [9.17, 15) is 4.79 Å². The summed E-state index contributed by atoms with van der Waals surface area (Å²) < 4.78 is 5.51. The Morgan fingerprint density at radius 1 is 1.44 bits per heavy atom. The molecule has 1 N–H and O–H groups in total. The number of anilines is 1. The van der Waals surface area contributed by atoms with Gasteiger partial charge in [0.05, 0.1) is 6.54 Å². The maximum Gasteiger partial charge on any atom is 0.348 e. The summed E-state index contributed by atoms with van der Waals surface area (Å²) in [6, 6.07) is 1.88. The van der Waals surface area contributed by atoms with E-state index in [1.165, 1.54) is 11.5 Å². The lowest BCUT2D eigenvalue weighted by Gasteiger charge is -2.09. The highest BCUT2D eigenvalue weighted by Crippen LogP contribution is 2.18. The van der Waals surface area contributed by atoms with Crippen molar-refractivity contribution in [3.05, 3.63) is 33.6 Å². The number of hydrogen-bond donors (Lipinski definition) is 1. The summed E-state index contributed by atoms with van der Waals surface area (Å²) in [5.41, 5.74) is 2.14. The summed E-state index contributed by atoms with van der Waals surface area (Å²) in [7, 11) is 0. The van der Waals surface area contributed by atoms with Crippen molar-refractivity contribution in [2.24, 2.45) is 0 Å². The number of nitrogens with one attached hydrogen (secondary N) is 1. The Morgan fingerprint density at radius 3 is 2.89 bits per heavy atom. The van der Waals surface area contributed by atoms with E-state index in [-0.39, 0.29) is 5.69 Å². The molecule has 6 nitrogen and oxygen atoms in total. The quantitative estimate of drug-likeness (QED) is 0.899. The molecule has 0 unspecified atom stereocenters. The first kappa shape index (κ1) is 12.7. The zero-order valence-electron chi connectivity index (χ0n) is 10.6. The molecule has 2 heterocycles. The number of aryl methyl sites for hydroxylation is 2. The van der Waals surface area contributed by atoms with Gasteiger partial charge in [0.1, 0.15) is 10.7 Å². The fraction of sp³-hybridized carbons (Fsp3) is 0.455. The molecule has 0 aliphatic rings. The molecule has 0 saturated carbocycles. The standard InChI is InChI=1S/C11H15N5OS/c1-4-12-10-9(14-15-18-10)6-16-8(3)5-7(2)13-11(16)17/h5,12H,4,6H2,1-3H3. The van der Waals surface area contributed by atoms with E-state index in [1.807, 2.05) is 26.8 Å². The van der Waals surface area contributed by atoms with E-state index < -0.39 is 0 Å². The SMILES string of the molecule is CCNc1snnc1Cn1c(C)cc(C)nc1=O. The van der Waals surface area contributed by atoms with Crippen LogP contribution in [-0.2, 0) is 6.54 Å². The monoisotopic (exact) mass is 265 g/mol. The van der Waals surface area contributed by atoms with Gasteiger partial charge in [-0.2, -0.15) is 4.98 Å². The minimum absolute atomic E-state index is 0.247. The van der Waals surface area contributed by atoms with Gasteiger partial charge in [-0.1, -0.05) is 4.49 Å². The summed E-state index contributed by atoms with van der Waals surface area (Å²) >= 11 is 1.30. The predicted octanol–water partition coefficient (Wildman–Crippen LogP) is 1.19. The van der Waals surface area contributed by atoms with Crippen LogP contribution in [0.1, 0.15) is 24.0 Å². The number of aromatic nitrogens is 4. The van der Waals surface area contributed by atoms with Gasteiger partial charge < -0.3 is 5.32 Å². The van der Waals surface area contributed by atoms with Gasteiger partial charge in [-0.25, -0.2) is 4.79 Å². The van der Waals surface area contributed by atoms with Gasteiger partial charge in [0.2, 0.25) is 0 Å². The molecule has 18 heavy (non-hydrogen) atoms. The molecular weight excluding hydrogens is 250 g/mol. The Labute approximate surface area is 109 Å². The maximum absolute atomic E-state index is 11.8. The second-order valence-corrected chi connectivity index (χ2v) is 4.74. The van der Waals surface area contributed by atoms with Gasteiger partial charge in [0.25, 0.3) is 0 Å². The third-order valence-corrected chi connectivity index (χ3v) is 3.27. The van der Waals surface area contributed by atoms with Crippen LogP contribution < -0.4 is 11.0 Å². The highest BCUT2D eigenvalue weighted by Gasteiger charge is 2.10. The minimum atomic E-state index is -0.247. The van der Waals surface area contributed by atoms with Crippen molar-refractivity contribution in [1.29, 1.82) is 0 Å². The molecule has 0 aliphatic heterocycles. The molecule has 2 aromatic heterocycles. The average Bonchev–Trinajstić information content (AvgIpc) is 2.71. The zero-order chi connectivity index (χ0) is 13.1. The fourth-order valence-corrected chi connectivity index (χ4v) is 2.36. The summed E-state index contributed by atoms with van der Waals surface area (Å²) in [5.74, 6) is 0. The Balaban J connectivity index is 2.34. The minimum Gasteiger partial charge on any atom is -0.374 e. The maximum atomic E-state index is 11.8. The molecule has 0 radical (unpaired) electrons. The number of hydrogen-bond acceptors (Lipinski definition) is 6. The highest BCUT2D eigenvalue weighted by atomic mass is 32.1. The van der Waals surface area contributed by atoms with Gasteiger partial charge in [0, 0.05) is 29.5 Å². The van der Waals surface area contributed by atoms with Gasteiger partial charge in [-0.3, -0.25) is 4.57 Å². The van der Waals surface area contributed by atoms with Crippen molar-refractivity contribution in [3.8, 4) is 0 Å². The van der Waals surface area contributed by atoms with E-state index in [2.05, 4.69) is 19.9 Å². The molecule has 0 fully saturated rings. The van der Waals surface area contributed by atoms with Crippen LogP contribution in [-0.4, -0.2) is 25.7 Å². The first-order valence-corrected chi connectivity index (χ1v) is 6.49. The first-order chi connectivity index (χ1) is 8.61. The fourth-order valence-electron chi connectivity index (χ4n) is 1.72. The Hall–Kier alpha value is -1.76. The highest BCUT2D eigenvalue weighted by molar-refractivity contribution is 7.10. The van der Waals surface area contributed by atoms with E-state index >= 15 is 0 Å². The van der Waals surface area contributed by atoms with Crippen LogP contribution in [0.5, 0.6) is 0 Å². The van der Waals surface area contributed by atoms with Crippen LogP contribution in [0.15, 0.2) is 10.9 Å². The molecule has 0 saturated heterocycles. The van der Waals surface area contributed by atoms with Crippen LogP contribution in [0, 0.1) is 13.8 Å². The van der Waals surface area contributed by atoms with Crippen molar-refractivity contribution >= 4 is 16.5 Å². The molecule has 0 spiro atoms. The summed E-state index contributed by atoms with van der Waals surface area (Å²) in [6.45, 7) is 6.91. The van der Waals surface area contributed by atoms with Gasteiger partial charge in [-0.05, 0) is 26.8 Å². The first-order valence-electron chi connectivity index (χ1n) is 5.72. The lowest BCUT2D eigenvalue weighted by molar-refractivity contribution is 0.679. The molecule has 0 aromatic carbocycles. The van der Waals surface area contributed by atoms with Crippen LogP contribution in [0.4, 0.5) is 5.00 Å². The van der Waals surface area contributed by atoms with Gasteiger partial charge in [0.15, 0.2) is 0 Å². The largest absolute Gasteiger partial charge is 0.374 e. The zero-order valence-corrected chi connectivity index (χ0v) is 11.4. The average molecular weight is 265 g/mol. The second kappa shape index (κ2) is 5.26. The Bertz CT molecular complexity index is 604.